The van der Waals surface area contributed by atoms with E-state index in [1.54, 1.807) is 23.9 Å². The van der Waals surface area contributed by atoms with Crippen molar-refractivity contribution in [2.24, 2.45) is 0 Å². The van der Waals surface area contributed by atoms with Gasteiger partial charge in [0, 0.05) is 16.6 Å². The summed E-state index contributed by atoms with van der Waals surface area (Å²) in [5.41, 5.74) is 2.43. The second-order valence-electron chi connectivity index (χ2n) is 4.98. The highest BCUT2D eigenvalue weighted by Gasteiger charge is 2.03. The number of anilines is 1. The normalized spacial score (nSPS) is 12.1. The molecule has 0 fully saturated rings. The Morgan fingerprint density at radius 2 is 1.70 bits per heavy atom. The Balaban J connectivity index is 1.82. The van der Waals surface area contributed by atoms with Crippen molar-refractivity contribution in [1.29, 1.82) is 0 Å². The molecule has 0 radical (unpaired) electrons. The van der Waals surface area contributed by atoms with Gasteiger partial charge >= 0.3 is 0 Å². The molecule has 0 aromatic heterocycles. The third-order valence-electron chi connectivity index (χ3n) is 3.31. The number of phenolic OH excluding ortho intramolecular Hbond substituents is 1. The third kappa shape index (κ3) is 4.49. The Kier molecular flexibility index (Phi) is 5.36. The summed E-state index contributed by atoms with van der Waals surface area (Å²) < 4.78 is 0. The van der Waals surface area contributed by atoms with Crippen LogP contribution < -0.4 is 5.32 Å². The predicted molar refractivity (Wildman–Crippen MR) is 87.7 cm³/mol. The fourth-order valence-corrected chi connectivity index (χ4v) is 2.50. The first-order chi connectivity index (χ1) is 9.67. The lowest BCUT2D eigenvalue weighted by Crippen LogP contribution is -2.15. The van der Waals surface area contributed by atoms with Crippen LogP contribution in [0.1, 0.15) is 18.9 Å². The number of aryl methyl sites for hydroxylation is 1. The van der Waals surface area contributed by atoms with Gasteiger partial charge in [-0.05, 0) is 68.0 Å². The highest BCUT2D eigenvalue weighted by molar-refractivity contribution is 7.98. The van der Waals surface area contributed by atoms with Crippen LogP contribution in [0.2, 0.25) is 0 Å². The molecule has 106 valence electrons. The van der Waals surface area contributed by atoms with Gasteiger partial charge in [0.25, 0.3) is 0 Å². The molecule has 0 saturated carbocycles. The summed E-state index contributed by atoms with van der Waals surface area (Å²) in [5.74, 6) is 0.328. The molecule has 0 heterocycles. The van der Waals surface area contributed by atoms with Gasteiger partial charge in [0.1, 0.15) is 5.75 Å². The highest BCUT2D eigenvalue weighted by Crippen LogP contribution is 2.19. The zero-order chi connectivity index (χ0) is 14.4. The minimum absolute atomic E-state index is 0.328. The van der Waals surface area contributed by atoms with Crippen LogP contribution in [0, 0.1) is 0 Å². The summed E-state index contributed by atoms with van der Waals surface area (Å²) >= 11 is 1.76. The SMILES string of the molecule is CSc1ccc(N[C@H](C)CCc2ccc(O)cc2)cc1. The zero-order valence-electron chi connectivity index (χ0n) is 12.0. The molecule has 2 rings (SSSR count). The lowest BCUT2D eigenvalue weighted by Gasteiger charge is -2.15. The molecule has 0 aliphatic carbocycles. The van der Waals surface area contributed by atoms with Crippen molar-refractivity contribution in [3.63, 3.8) is 0 Å². The van der Waals surface area contributed by atoms with Gasteiger partial charge in [0.2, 0.25) is 0 Å². The van der Waals surface area contributed by atoms with E-state index in [2.05, 4.69) is 42.8 Å². The van der Waals surface area contributed by atoms with Crippen LogP contribution in [0.15, 0.2) is 53.4 Å². The molecule has 0 aliphatic rings. The van der Waals surface area contributed by atoms with Gasteiger partial charge in [-0.25, -0.2) is 0 Å². The van der Waals surface area contributed by atoms with E-state index in [4.69, 9.17) is 0 Å². The second-order valence-corrected chi connectivity index (χ2v) is 5.86. The van der Waals surface area contributed by atoms with Crippen LogP contribution >= 0.6 is 11.8 Å². The Hall–Kier alpha value is -1.61. The third-order valence-corrected chi connectivity index (χ3v) is 4.05. The Morgan fingerprint density at radius 1 is 1.05 bits per heavy atom. The summed E-state index contributed by atoms with van der Waals surface area (Å²) in [6.45, 7) is 2.20. The first-order valence-electron chi connectivity index (χ1n) is 6.86. The van der Waals surface area contributed by atoms with Crippen LogP contribution in [0.5, 0.6) is 5.75 Å². The number of benzene rings is 2. The van der Waals surface area contributed by atoms with E-state index in [9.17, 15) is 5.11 Å². The largest absolute Gasteiger partial charge is 0.508 e. The summed E-state index contributed by atoms with van der Waals surface area (Å²) in [5, 5.41) is 12.8. The van der Waals surface area contributed by atoms with Gasteiger partial charge in [-0.1, -0.05) is 12.1 Å². The molecule has 0 spiro atoms. The van der Waals surface area contributed by atoms with Gasteiger partial charge in [0.15, 0.2) is 0 Å². The number of rotatable bonds is 6. The van der Waals surface area contributed by atoms with E-state index >= 15 is 0 Å². The molecule has 0 amide bonds. The summed E-state index contributed by atoms with van der Waals surface area (Å²) in [6.07, 6.45) is 4.16. The Labute approximate surface area is 125 Å². The van der Waals surface area contributed by atoms with Crippen molar-refractivity contribution >= 4 is 17.4 Å². The van der Waals surface area contributed by atoms with Gasteiger partial charge in [0.05, 0.1) is 0 Å². The van der Waals surface area contributed by atoms with E-state index in [1.807, 2.05) is 12.1 Å². The van der Waals surface area contributed by atoms with Crippen molar-refractivity contribution in [2.45, 2.75) is 30.7 Å². The van der Waals surface area contributed by atoms with Crippen molar-refractivity contribution in [1.82, 2.24) is 0 Å². The zero-order valence-corrected chi connectivity index (χ0v) is 12.8. The topological polar surface area (TPSA) is 32.3 Å². The van der Waals surface area contributed by atoms with Crippen molar-refractivity contribution in [2.75, 3.05) is 11.6 Å². The van der Waals surface area contributed by atoms with E-state index in [0.717, 1.165) is 12.8 Å². The molecule has 0 unspecified atom stereocenters. The summed E-state index contributed by atoms with van der Waals surface area (Å²) in [4.78, 5) is 1.28. The average Bonchev–Trinajstić information content (AvgIpc) is 2.47. The van der Waals surface area contributed by atoms with E-state index in [0.29, 0.717) is 11.8 Å². The number of nitrogens with one attached hydrogen (secondary N) is 1. The van der Waals surface area contributed by atoms with Gasteiger partial charge in [-0.3, -0.25) is 0 Å². The average molecular weight is 287 g/mol. The second kappa shape index (κ2) is 7.25. The monoisotopic (exact) mass is 287 g/mol. The van der Waals surface area contributed by atoms with E-state index in [1.165, 1.54) is 16.1 Å². The molecule has 3 heteroatoms. The molecule has 1 atom stereocenters. The number of aromatic hydroxyl groups is 1. The molecular formula is C17H21NOS. The van der Waals surface area contributed by atoms with Crippen LogP contribution in [0.4, 0.5) is 5.69 Å². The maximum atomic E-state index is 9.26. The first-order valence-corrected chi connectivity index (χ1v) is 8.08. The first kappa shape index (κ1) is 14.8. The van der Waals surface area contributed by atoms with Gasteiger partial charge in [-0.2, -0.15) is 0 Å². The smallest absolute Gasteiger partial charge is 0.115 e. The van der Waals surface area contributed by atoms with Crippen LogP contribution in [0.25, 0.3) is 0 Å². The van der Waals surface area contributed by atoms with Gasteiger partial charge in [-0.15, -0.1) is 11.8 Å². The molecule has 0 saturated heterocycles. The molecule has 2 nitrogen and oxygen atoms in total. The molecule has 0 bridgehead atoms. The summed E-state index contributed by atoms with van der Waals surface area (Å²) in [6, 6.07) is 16.4. The molecule has 2 N–H and O–H groups in total. The standard InChI is InChI=1S/C17H21NOS/c1-13(3-4-14-5-9-16(19)10-6-14)18-15-7-11-17(20-2)12-8-15/h5-13,18-19H,3-4H2,1-2H3/t13-/m1/s1. The quantitative estimate of drug-likeness (QED) is 0.765. The fourth-order valence-electron chi connectivity index (χ4n) is 2.09. The minimum atomic E-state index is 0.328. The fraction of sp³-hybridized carbons (Fsp3) is 0.294. The highest BCUT2D eigenvalue weighted by atomic mass is 32.2. The number of thioether (sulfide) groups is 1. The van der Waals surface area contributed by atoms with E-state index in [-0.39, 0.29) is 0 Å². The summed E-state index contributed by atoms with van der Waals surface area (Å²) in [7, 11) is 0. The van der Waals surface area contributed by atoms with Crippen molar-refractivity contribution < 1.29 is 5.11 Å². The lowest BCUT2D eigenvalue weighted by atomic mass is 10.1. The molecule has 2 aromatic carbocycles. The molecule has 2 aromatic rings. The van der Waals surface area contributed by atoms with Gasteiger partial charge < -0.3 is 10.4 Å². The van der Waals surface area contributed by atoms with Crippen LogP contribution in [-0.4, -0.2) is 17.4 Å². The molecular weight excluding hydrogens is 266 g/mol. The van der Waals surface area contributed by atoms with E-state index < -0.39 is 0 Å². The lowest BCUT2D eigenvalue weighted by molar-refractivity contribution is 0.475. The Bertz CT molecular complexity index is 522. The van der Waals surface area contributed by atoms with Crippen LogP contribution in [0.3, 0.4) is 0 Å². The van der Waals surface area contributed by atoms with Crippen molar-refractivity contribution in [3.8, 4) is 5.75 Å². The van der Waals surface area contributed by atoms with Crippen LogP contribution in [-0.2, 0) is 6.42 Å². The molecule has 0 aliphatic heterocycles. The Morgan fingerprint density at radius 3 is 2.30 bits per heavy atom. The predicted octanol–water partition coefficient (Wildman–Crippen LogP) is 4.55. The molecule has 20 heavy (non-hydrogen) atoms. The maximum Gasteiger partial charge on any atom is 0.115 e. The number of phenols is 1. The minimum Gasteiger partial charge on any atom is -0.508 e. The number of hydrogen-bond acceptors (Lipinski definition) is 3. The maximum absolute atomic E-state index is 9.26. The van der Waals surface area contributed by atoms with Crippen molar-refractivity contribution in [3.05, 3.63) is 54.1 Å². The number of hydrogen-bond donors (Lipinski definition) is 2.